The van der Waals surface area contributed by atoms with Crippen LogP contribution in [0.5, 0.6) is 0 Å². The van der Waals surface area contributed by atoms with Gasteiger partial charge in [-0.25, -0.2) is 0 Å². The maximum Gasteiger partial charge on any atom is 0.307 e. The molecule has 0 saturated heterocycles. The minimum Gasteiger partial charge on any atom is -0.481 e. The summed E-state index contributed by atoms with van der Waals surface area (Å²) in [6.45, 7) is 2.03. The Morgan fingerprint density at radius 2 is 1.79 bits per heavy atom. The maximum atomic E-state index is 10.4. The Hall–Kier alpha value is -1.06. The van der Waals surface area contributed by atoms with Crippen LogP contribution in [0, 0.1) is 0 Å². The summed E-state index contributed by atoms with van der Waals surface area (Å²) >= 11 is 0. The van der Waals surface area contributed by atoms with Crippen LogP contribution in [0.2, 0.25) is 0 Å². The van der Waals surface area contributed by atoms with Gasteiger partial charge < -0.3 is 10.6 Å². The fraction of sp³-hybridized carbons (Fsp3) is 0.300. The normalized spacial score (nSPS) is 8.36. The molecule has 0 heterocycles. The van der Waals surface area contributed by atoms with E-state index in [-0.39, 0.29) is 24.3 Å². The van der Waals surface area contributed by atoms with Gasteiger partial charge in [-0.05, 0) is 17.5 Å². The Balaban J connectivity index is 0. The van der Waals surface area contributed by atoms with E-state index in [9.17, 15) is 4.79 Å². The Kier molecular flexibility index (Phi) is 8.10. The Labute approximate surface area is 89.5 Å². The number of aliphatic carboxylic acids is 1. The highest BCUT2D eigenvalue weighted by atomic mass is 35.5. The molecule has 0 unspecified atom stereocenters. The molecule has 1 aromatic rings. The molecule has 3 N–H and O–H groups in total. The third-order valence-electron chi connectivity index (χ3n) is 1.84. The highest BCUT2D eigenvalue weighted by molar-refractivity contribution is 5.85. The average molecular weight is 219 g/mol. The molecular weight excluding hydrogens is 204 g/mol. The van der Waals surface area contributed by atoms with Gasteiger partial charge in [-0.2, -0.15) is 0 Å². The van der Waals surface area contributed by atoms with Gasteiger partial charge in [0.1, 0.15) is 0 Å². The van der Waals surface area contributed by atoms with Crippen LogP contribution in [0.3, 0.4) is 0 Å². The molecule has 0 aliphatic carbocycles. The predicted molar refractivity (Wildman–Crippen MR) is 58.0 cm³/mol. The van der Waals surface area contributed by atoms with Gasteiger partial charge in [0.25, 0.3) is 0 Å². The van der Waals surface area contributed by atoms with Crippen molar-refractivity contribution in [1.29, 1.82) is 0 Å². The summed E-state index contributed by atoms with van der Waals surface area (Å²) < 4.78 is 0. The van der Waals surface area contributed by atoms with Gasteiger partial charge in [-0.3, -0.25) is 4.79 Å². The Morgan fingerprint density at radius 1 is 1.29 bits per heavy atom. The SMILES string of the molecule is CCc1ccccc1CC(=O)O.Cl.O. The molecule has 0 aromatic heterocycles. The van der Waals surface area contributed by atoms with E-state index < -0.39 is 5.97 Å². The molecule has 0 aliphatic rings. The molecule has 14 heavy (non-hydrogen) atoms. The summed E-state index contributed by atoms with van der Waals surface area (Å²) in [6, 6.07) is 7.65. The molecule has 4 heteroatoms. The summed E-state index contributed by atoms with van der Waals surface area (Å²) in [4.78, 5) is 10.4. The standard InChI is InChI=1S/C10H12O2.ClH.H2O/c1-2-8-5-3-4-6-9(8)7-10(11)12;;/h3-6H,2,7H2,1H3,(H,11,12);1H;1H2. The lowest BCUT2D eigenvalue weighted by molar-refractivity contribution is -0.136. The number of halogens is 1. The van der Waals surface area contributed by atoms with Gasteiger partial charge in [-0.1, -0.05) is 31.2 Å². The van der Waals surface area contributed by atoms with E-state index in [1.807, 2.05) is 31.2 Å². The maximum absolute atomic E-state index is 10.4. The van der Waals surface area contributed by atoms with Crippen LogP contribution in [0.4, 0.5) is 0 Å². The summed E-state index contributed by atoms with van der Waals surface area (Å²) in [7, 11) is 0. The number of carbonyl (C=O) groups is 1. The molecule has 0 saturated carbocycles. The molecule has 0 aliphatic heterocycles. The van der Waals surface area contributed by atoms with Crippen LogP contribution in [0.15, 0.2) is 24.3 Å². The zero-order valence-corrected chi connectivity index (χ0v) is 8.80. The van der Waals surface area contributed by atoms with Crippen molar-refractivity contribution in [3.8, 4) is 0 Å². The van der Waals surface area contributed by atoms with Gasteiger partial charge >= 0.3 is 5.97 Å². The highest BCUT2D eigenvalue weighted by Crippen LogP contribution is 2.09. The number of carboxylic acids is 1. The monoisotopic (exact) mass is 218 g/mol. The minimum absolute atomic E-state index is 0. The lowest BCUT2D eigenvalue weighted by Gasteiger charge is -2.03. The second kappa shape index (κ2) is 7.35. The van der Waals surface area contributed by atoms with Gasteiger partial charge in [0, 0.05) is 0 Å². The molecule has 0 atom stereocenters. The van der Waals surface area contributed by atoms with E-state index in [1.165, 1.54) is 0 Å². The molecule has 0 bridgehead atoms. The van der Waals surface area contributed by atoms with Crippen molar-refractivity contribution in [2.45, 2.75) is 19.8 Å². The van der Waals surface area contributed by atoms with Crippen LogP contribution in [-0.2, 0) is 17.6 Å². The number of hydrogen-bond donors (Lipinski definition) is 1. The van der Waals surface area contributed by atoms with E-state index in [0.29, 0.717) is 0 Å². The van der Waals surface area contributed by atoms with Gasteiger partial charge in [0.05, 0.1) is 6.42 Å². The lowest BCUT2D eigenvalue weighted by Crippen LogP contribution is -2.02. The first-order chi connectivity index (χ1) is 5.74. The van der Waals surface area contributed by atoms with Crippen molar-refractivity contribution < 1.29 is 15.4 Å². The fourth-order valence-corrected chi connectivity index (χ4v) is 1.24. The van der Waals surface area contributed by atoms with Crippen LogP contribution in [-0.4, -0.2) is 16.6 Å². The molecular formula is C10H15ClO3. The number of hydrogen-bond acceptors (Lipinski definition) is 1. The number of carboxylic acid groups (broad SMARTS) is 1. The van der Waals surface area contributed by atoms with E-state index in [0.717, 1.165) is 17.5 Å². The van der Waals surface area contributed by atoms with E-state index >= 15 is 0 Å². The second-order valence-electron chi connectivity index (χ2n) is 2.69. The first kappa shape index (κ1) is 15.4. The number of rotatable bonds is 3. The van der Waals surface area contributed by atoms with Crippen LogP contribution in [0.25, 0.3) is 0 Å². The zero-order chi connectivity index (χ0) is 8.97. The first-order valence-corrected chi connectivity index (χ1v) is 4.02. The Morgan fingerprint density at radius 3 is 2.21 bits per heavy atom. The van der Waals surface area contributed by atoms with Crippen LogP contribution >= 0.6 is 12.4 Å². The smallest absolute Gasteiger partial charge is 0.307 e. The Bertz CT molecular complexity index is 286. The molecule has 80 valence electrons. The van der Waals surface area contributed by atoms with Crippen molar-refractivity contribution >= 4 is 18.4 Å². The quantitative estimate of drug-likeness (QED) is 0.835. The summed E-state index contributed by atoms with van der Waals surface area (Å²) in [5.74, 6) is -0.768. The zero-order valence-electron chi connectivity index (χ0n) is 7.99. The predicted octanol–water partition coefficient (Wildman–Crippen LogP) is 1.47. The lowest BCUT2D eigenvalue weighted by atomic mass is 10.0. The number of aryl methyl sites for hydroxylation is 1. The minimum atomic E-state index is -0.768. The molecule has 0 spiro atoms. The van der Waals surface area contributed by atoms with Crippen molar-refractivity contribution in [3.63, 3.8) is 0 Å². The van der Waals surface area contributed by atoms with Crippen LogP contribution < -0.4 is 0 Å². The molecule has 1 rings (SSSR count). The fourth-order valence-electron chi connectivity index (χ4n) is 1.24. The topological polar surface area (TPSA) is 68.8 Å². The van der Waals surface area contributed by atoms with E-state index in [2.05, 4.69) is 0 Å². The molecule has 0 amide bonds. The van der Waals surface area contributed by atoms with E-state index in [1.54, 1.807) is 0 Å². The summed E-state index contributed by atoms with van der Waals surface area (Å²) in [5.41, 5.74) is 2.05. The third-order valence-corrected chi connectivity index (χ3v) is 1.84. The summed E-state index contributed by atoms with van der Waals surface area (Å²) in [5, 5.41) is 8.59. The number of benzene rings is 1. The highest BCUT2D eigenvalue weighted by Gasteiger charge is 2.03. The van der Waals surface area contributed by atoms with Gasteiger partial charge in [-0.15, -0.1) is 12.4 Å². The van der Waals surface area contributed by atoms with Crippen molar-refractivity contribution in [2.75, 3.05) is 0 Å². The first-order valence-electron chi connectivity index (χ1n) is 4.02. The largest absolute Gasteiger partial charge is 0.481 e. The second-order valence-corrected chi connectivity index (χ2v) is 2.69. The van der Waals surface area contributed by atoms with Crippen LogP contribution in [0.1, 0.15) is 18.1 Å². The van der Waals surface area contributed by atoms with Crippen molar-refractivity contribution in [2.24, 2.45) is 0 Å². The molecule has 3 nitrogen and oxygen atoms in total. The molecule has 0 radical (unpaired) electrons. The average Bonchev–Trinajstić information content (AvgIpc) is 2.04. The van der Waals surface area contributed by atoms with Gasteiger partial charge in [0.15, 0.2) is 0 Å². The van der Waals surface area contributed by atoms with Crippen molar-refractivity contribution in [3.05, 3.63) is 35.4 Å². The third kappa shape index (κ3) is 4.25. The van der Waals surface area contributed by atoms with E-state index in [4.69, 9.17) is 5.11 Å². The molecule has 1 aromatic carbocycles. The summed E-state index contributed by atoms with van der Waals surface area (Å²) in [6.07, 6.45) is 1.02. The van der Waals surface area contributed by atoms with Gasteiger partial charge in [0.2, 0.25) is 0 Å². The molecule has 0 fully saturated rings. The van der Waals surface area contributed by atoms with Crippen molar-refractivity contribution in [1.82, 2.24) is 0 Å².